The maximum atomic E-state index is 10.5. The number of nitrogens with zero attached hydrogens (tertiary/aromatic N) is 2. The highest BCUT2D eigenvalue weighted by atomic mass is 16.3. The van der Waals surface area contributed by atoms with Crippen molar-refractivity contribution >= 4 is 0 Å². The van der Waals surface area contributed by atoms with Gasteiger partial charge in [-0.25, -0.2) is 4.68 Å². The summed E-state index contributed by atoms with van der Waals surface area (Å²) in [6.45, 7) is 8.31. The van der Waals surface area contributed by atoms with Crippen LogP contribution in [0.15, 0.2) is 24.3 Å². The molecule has 108 valence electrons. The van der Waals surface area contributed by atoms with Gasteiger partial charge in [-0.05, 0) is 39.2 Å². The molecule has 3 nitrogen and oxygen atoms in total. The van der Waals surface area contributed by atoms with E-state index in [2.05, 4.69) is 43.2 Å². The minimum atomic E-state index is 0.162. The van der Waals surface area contributed by atoms with Gasteiger partial charge in [-0.15, -0.1) is 0 Å². The van der Waals surface area contributed by atoms with E-state index in [1.165, 1.54) is 5.56 Å². The second kappa shape index (κ2) is 6.12. The van der Waals surface area contributed by atoms with E-state index in [1.54, 1.807) is 4.68 Å². The molecule has 0 bridgehead atoms. The van der Waals surface area contributed by atoms with Gasteiger partial charge in [0.15, 0.2) is 0 Å². The van der Waals surface area contributed by atoms with Gasteiger partial charge in [0.1, 0.15) is 0 Å². The minimum absolute atomic E-state index is 0.162. The fourth-order valence-electron chi connectivity index (χ4n) is 2.37. The van der Waals surface area contributed by atoms with Crippen LogP contribution in [0.5, 0.6) is 5.88 Å². The smallest absolute Gasteiger partial charge is 0.217 e. The van der Waals surface area contributed by atoms with Gasteiger partial charge in [0.25, 0.3) is 0 Å². The molecule has 0 atom stereocenters. The van der Waals surface area contributed by atoms with Gasteiger partial charge < -0.3 is 5.11 Å². The summed E-state index contributed by atoms with van der Waals surface area (Å²) >= 11 is 0. The number of benzene rings is 1. The summed E-state index contributed by atoms with van der Waals surface area (Å²) in [7, 11) is 0. The van der Waals surface area contributed by atoms with E-state index >= 15 is 0 Å². The van der Waals surface area contributed by atoms with E-state index in [0.29, 0.717) is 0 Å². The molecule has 0 unspecified atom stereocenters. The molecule has 0 amide bonds. The summed E-state index contributed by atoms with van der Waals surface area (Å²) < 4.78 is 1.72. The van der Waals surface area contributed by atoms with Crippen molar-refractivity contribution in [3.8, 4) is 17.0 Å². The highest BCUT2D eigenvalue weighted by molar-refractivity contribution is 5.71. The summed E-state index contributed by atoms with van der Waals surface area (Å²) in [5.41, 5.74) is 4.17. The Morgan fingerprint density at radius 3 is 2.40 bits per heavy atom. The molecule has 2 aromatic rings. The van der Waals surface area contributed by atoms with E-state index in [9.17, 15) is 5.11 Å². The lowest BCUT2D eigenvalue weighted by Gasteiger charge is -2.07. The lowest BCUT2D eigenvalue weighted by atomic mass is 10.0. The SMILES string of the molecule is CCCCc1nn(C(C)C)c(O)c1-c1ccc(C)cc1. The van der Waals surface area contributed by atoms with Crippen molar-refractivity contribution in [1.29, 1.82) is 0 Å². The lowest BCUT2D eigenvalue weighted by Crippen LogP contribution is -2.02. The Balaban J connectivity index is 2.50. The Morgan fingerprint density at radius 2 is 1.85 bits per heavy atom. The Kier molecular flexibility index (Phi) is 4.48. The second-order valence-electron chi connectivity index (χ2n) is 5.65. The number of unbranched alkanes of at least 4 members (excludes halogenated alkanes) is 1. The molecular formula is C17H24N2O. The van der Waals surface area contributed by atoms with Gasteiger partial charge in [-0.1, -0.05) is 43.2 Å². The van der Waals surface area contributed by atoms with Crippen LogP contribution < -0.4 is 0 Å². The zero-order valence-corrected chi connectivity index (χ0v) is 12.8. The highest BCUT2D eigenvalue weighted by Crippen LogP contribution is 2.35. The summed E-state index contributed by atoms with van der Waals surface area (Å²) in [6, 6.07) is 8.43. The molecule has 3 heteroatoms. The summed E-state index contributed by atoms with van der Waals surface area (Å²) in [4.78, 5) is 0. The van der Waals surface area contributed by atoms with E-state index < -0.39 is 0 Å². The van der Waals surface area contributed by atoms with Crippen LogP contribution >= 0.6 is 0 Å². The number of hydrogen-bond acceptors (Lipinski definition) is 2. The maximum absolute atomic E-state index is 10.5. The molecule has 20 heavy (non-hydrogen) atoms. The van der Waals surface area contributed by atoms with Gasteiger partial charge in [0, 0.05) is 0 Å². The molecular weight excluding hydrogens is 248 g/mol. The third-order valence-electron chi connectivity index (χ3n) is 3.55. The molecule has 2 rings (SSSR count). The van der Waals surface area contributed by atoms with Crippen LogP contribution in [-0.2, 0) is 6.42 Å². The van der Waals surface area contributed by atoms with E-state index in [4.69, 9.17) is 0 Å². The monoisotopic (exact) mass is 272 g/mol. The average molecular weight is 272 g/mol. The van der Waals surface area contributed by atoms with Crippen LogP contribution in [0.25, 0.3) is 11.1 Å². The van der Waals surface area contributed by atoms with Crippen molar-refractivity contribution < 1.29 is 5.11 Å². The van der Waals surface area contributed by atoms with E-state index in [1.807, 2.05) is 13.8 Å². The second-order valence-corrected chi connectivity index (χ2v) is 5.65. The first kappa shape index (κ1) is 14.6. The first-order valence-electron chi connectivity index (χ1n) is 7.42. The topological polar surface area (TPSA) is 38.0 Å². The molecule has 1 heterocycles. The molecule has 1 N–H and O–H groups in total. The molecule has 0 aliphatic carbocycles. The Labute approximate surface area is 121 Å². The van der Waals surface area contributed by atoms with Crippen LogP contribution in [0.3, 0.4) is 0 Å². The van der Waals surface area contributed by atoms with Crippen LogP contribution in [0.1, 0.15) is 50.9 Å². The molecule has 0 aliphatic heterocycles. The predicted molar refractivity (Wildman–Crippen MR) is 83.1 cm³/mol. The highest BCUT2D eigenvalue weighted by Gasteiger charge is 2.19. The third kappa shape index (κ3) is 2.87. The Morgan fingerprint density at radius 1 is 1.20 bits per heavy atom. The fourth-order valence-corrected chi connectivity index (χ4v) is 2.37. The lowest BCUT2D eigenvalue weighted by molar-refractivity contribution is 0.378. The number of aromatic nitrogens is 2. The normalized spacial score (nSPS) is 11.2. The quantitative estimate of drug-likeness (QED) is 0.871. The van der Waals surface area contributed by atoms with Gasteiger partial charge >= 0.3 is 0 Å². The van der Waals surface area contributed by atoms with Gasteiger partial charge in [-0.2, -0.15) is 5.10 Å². The van der Waals surface area contributed by atoms with Crippen molar-refractivity contribution in [2.24, 2.45) is 0 Å². The van der Waals surface area contributed by atoms with Crippen molar-refractivity contribution in [1.82, 2.24) is 9.78 Å². The Bertz CT molecular complexity index is 567. The van der Waals surface area contributed by atoms with Crippen LogP contribution in [0, 0.1) is 6.92 Å². The van der Waals surface area contributed by atoms with Crippen molar-refractivity contribution in [2.45, 2.75) is 53.0 Å². The standard InChI is InChI=1S/C17H24N2O/c1-5-6-7-15-16(14-10-8-13(4)9-11-14)17(20)19(18-15)12(2)3/h8-12,20H,5-7H2,1-4H3. The molecule has 1 aromatic heterocycles. The van der Waals surface area contributed by atoms with Crippen molar-refractivity contribution in [2.75, 3.05) is 0 Å². The van der Waals surface area contributed by atoms with E-state index in [0.717, 1.165) is 36.1 Å². The third-order valence-corrected chi connectivity index (χ3v) is 3.55. The largest absolute Gasteiger partial charge is 0.493 e. The van der Waals surface area contributed by atoms with E-state index in [-0.39, 0.29) is 11.9 Å². The van der Waals surface area contributed by atoms with Gasteiger partial charge in [-0.3, -0.25) is 0 Å². The molecule has 0 saturated heterocycles. The van der Waals surface area contributed by atoms with Crippen LogP contribution in [0.4, 0.5) is 0 Å². The minimum Gasteiger partial charge on any atom is -0.493 e. The first-order chi connectivity index (χ1) is 9.54. The van der Waals surface area contributed by atoms with Crippen molar-refractivity contribution in [3.63, 3.8) is 0 Å². The first-order valence-corrected chi connectivity index (χ1v) is 7.42. The molecule has 0 radical (unpaired) electrons. The van der Waals surface area contributed by atoms with Crippen molar-refractivity contribution in [3.05, 3.63) is 35.5 Å². The summed E-state index contributed by atoms with van der Waals surface area (Å²) in [5, 5.41) is 15.1. The van der Waals surface area contributed by atoms with Crippen LogP contribution in [-0.4, -0.2) is 14.9 Å². The average Bonchev–Trinajstić information content (AvgIpc) is 2.75. The fraction of sp³-hybridized carbons (Fsp3) is 0.471. The number of aryl methyl sites for hydroxylation is 2. The number of hydrogen-bond donors (Lipinski definition) is 1. The van der Waals surface area contributed by atoms with Crippen LogP contribution in [0.2, 0.25) is 0 Å². The molecule has 0 fully saturated rings. The van der Waals surface area contributed by atoms with Gasteiger partial charge in [0.2, 0.25) is 5.88 Å². The zero-order chi connectivity index (χ0) is 14.7. The maximum Gasteiger partial charge on any atom is 0.217 e. The summed E-state index contributed by atoms with van der Waals surface area (Å²) in [5.74, 6) is 0.287. The predicted octanol–water partition coefficient (Wildman–Crippen LogP) is 4.49. The number of aromatic hydroxyl groups is 1. The summed E-state index contributed by atoms with van der Waals surface area (Å²) in [6.07, 6.45) is 3.13. The van der Waals surface area contributed by atoms with Gasteiger partial charge in [0.05, 0.1) is 17.3 Å². The Hall–Kier alpha value is -1.77. The molecule has 0 saturated carbocycles. The molecule has 0 spiro atoms. The molecule has 0 aliphatic rings. The molecule has 1 aromatic carbocycles. The zero-order valence-electron chi connectivity index (χ0n) is 12.8. The number of rotatable bonds is 5.